The Morgan fingerprint density at radius 2 is 2.11 bits per heavy atom. The van der Waals surface area contributed by atoms with Crippen LogP contribution < -0.4 is 0 Å². The monoisotopic (exact) mass is 407 g/mol. The highest BCUT2D eigenvalue weighted by molar-refractivity contribution is 7.91. The normalized spacial score (nSPS) is 18.6. The van der Waals surface area contributed by atoms with Crippen molar-refractivity contribution in [2.24, 2.45) is 5.92 Å². The summed E-state index contributed by atoms with van der Waals surface area (Å²) in [5, 5.41) is 5.63. The lowest BCUT2D eigenvalue weighted by molar-refractivity contribution is 0.247. The number of hydrogen-bond acceptors (Lipinski definition) is 6. The number of hydrogen-bond donors (Lipinski definition) is 0. The first-order valence-electron chi connectivity index (χ1n) is 8.65. The van der Waals surface area contributed by atoms with Gasteiger partial charge in [-0.2, -0.15) is 9.29 Å². The lowest BCUT2D eigenvalue weighted by Crippen LogP contribution is -2.40. The predicted molar refractivity (Wildman–Crippen MR) is 99.2 cm³/mol. The molecule has 2 aromatic heterocycles. The molecule has 0 N–H and O–H groups in total. The van der Waals surface area contributed by atoms with Gasteiger partial charge in [-0.05, 0) is 42.3 Å². The smallest absolute Gasteiger partial charge is 0.252 e. The van der Waals surface area contributed by atoms with Gasteiger partial charge >= 0.3 is 0 Å². The Hall–Kier alpha value is -2.10. The van der Waals surface area contributed by atoms with Gasteiger partial charge < -0.3 is 4.52 Å². The van der Waals surface area contributed by atoms with Crippen LogP contribution in [0.3, 0.4) is 0 Å². The lowest BCUT2D eigenvalue weighted by Gasteiger charge is -2.30. The number of halogens is 1. The first-order chi connectivity index (χ1) is 13.0. The summed E-state index contributed by atoms with van der Waals surface area (Å²) in [4.78, 5) is 4.29. The molecule has 0 amide bonds. The molecule has 0 aliphatic carbocycles. The summed E-state index contributed by atoms with van der Waals surface area (Å²) >= 11 is 1.23. The topological polar surface area (TPSA) is 76.3 Å². The Balaban J connectivity index is 1.47. The Labute approximate surface area is 160 Å². The molecule has 6 nitrogen and oxygen atoms in total. The minimum absolute atomic E-state index is 0.0856. The Morgan fingerprint density at radius 3 is 2.89 bits per heavy atom. The lowest BCUT2D eigenvalue weighted by atomic mass is 9.96. The van der Waals surface area contributed by atoms with Crippen molar-refractivity contribution in [2.75, 3.05) is 13.1 Å². The molecule has 3 aromatic rings. The first-order valence-corrected chi connectivity index (χ1v) is 11.0. The van der Waals surface area contributed by atoms with Crippen LogP contribution in [-0.4, -0.2) is 36.0 Å². The van der Waals surface area contributed by atoms with Gasteiger partial charge in [-0.15, -0.1) is 11.3 Å². The van der Waals surface area contributed by atoms with Gasteiger partial charge in [0.05, 0.1) is 5.56 Å². The zero-order chi connectivity index (χ0) is 18.9. The van der Waals surface area contributed by atoms with Crippen LogP contribution in [0.4, 0.5) is 4.39 Å². The maximum absolute atomic E-state index is 13.9. The van der Waals surface area contributed by atoms with E-state index < -0.39 is 15.8 Å². The van der Waals surface area contributed by atoms with E-state index in [9.17, 15) is 12.8 Å². The molecule has 142 valence electrons. The molecule has 3 heterocycles. The van der Waals surface area contributed by atoms with Gasteiger partial charge in [-0.3, -0.25) is 0 Å². The van der Waals surface area contributed by atoms with Crippen LogP contribution in [0.5, 0.6) is 0 Å². The van der Waals surface area contributed by atoms with Crippen LogP contribution in [0.15, 0.2) is 50.5 Å². The maximum atomic E-state index is 13.9. The van der Waals surface area contributed by atoms with Gasteiger partial charge in [-0.25, -0.2) is 12.8 Å². The molecular formula is C18H18FN3O3S2. The van der Waals surface area contributed by atoms with Crippen molar-refractivity contribution in [2.45, 2.75) is 23.5 Å². The quantitative estimate of drug-likeness (QED) is 0.646. The SMILES string of the molecule is O=S(=O)(c1cccs1)N1CCCC(Cc2nc(-c3ccccc3F)no2)C1. The number of rotatable bonds is 5. The third kappa shape index (κ3) is 3.80. The van der Waals surface area contributed by atoms with Crippen molar-refractivity contribution in [3.8, 4) is 11.4 Å². The summed E-state index contributed by atoms with van der Waals surface area (Å²) in [5.74, 6) is 0.286. The van der Waals surface area contributed by atoms with E-state index in [1.165, 1.54) is 21.7 Å². The molecule has 1 atom stereocenters. The molecule has 1 aliphatic rings. The van der Waals surface area contributed by atoms with Crippen molar-refractivity contribution in [3.63, 3.8) is 0 Å². The molecule has 0 bridgehead atoms. The van der Waals surface area contributed by atoms with Gasteiger partial charge in [0, 0.05) is 19.5 Å². The van der Waals surface area contributed by atoms with E-state index in [0.29, 0.717) is 29.6 Å². The van der Waals surface area contributed by atoms with Crippen molar-refractivity contribution in [1.29, 1.82) is 0 Å². The minimum atomic E-state index is -3.45. The van der Waals surface area contributed by atoms with Crippen LogP contribution in [0.1, 0.15) is 18.7 Å². The molecule has 1 saturated heterocycles. The van der Waals surface area contributed by atoms with Crippen LogP contribution in [0.25, 0.3) is 11.4 Å². The molecule has 4 rings (SSSR count). The average Bonchev–Trinajstić information content (AvgIpc) is 3.35. The molecule has 0 spiro atoms. The van der Waals surface area contributed by atoms with Crippen LogP contribution in [0.2, 0.25) is 0 Å². The number of piperidine rings is 1. The van der Waals surface area contributed by atoms with Crippen molar-refractivity contribution in [3.05, 3.63) is 53.5 Å². The van der Waals surface area contributed by atoms with E-state index in [1.54, 1.807) is 35.7 Å². The maximum Gasteiger partial charge on any atom is 0.252 e. The third-order valence-electron chi connectivity index (χ3n) is 4.62. The highest BCUT2D eigenvalue weighted by Gasteiger charge is 2.31. The molecule has 1 aromatic carbocycles. The van der Waals surface area contributed by atoms with Gasteiger partial charge in [-0.1, -0.05) is 23.4 Å². The van der Waals surface area contributed by atoms with Crippen molar-refractivity contribution >= 4 is 21.4 Å². The summed E-state index contributed by atoms with van der Waals surface area (Å²) in [5.41, 5.74) is 0.290. The predicted octanol–water partition coefficient (Wildman–Crippen LogP) is 3.58. The molecule has 27 heavy (non-hydrogen) atoms. The van der Waals surface area contributed by atoms with Crippen LogP contribution >= 0.6 is 11.3 Å². The van der Waals surface area contributed by atoms with E-state index in [2.05, 4.69) is 10.1 Å². The van der Waals surface area contributed by atoms with Gasteiger partial charge in [0.2, 0.25) is 11.7 Å². The van der Waals surface area contributed by atoms with E-state index in [4.69, 9.17) is 4.52 Å². The zero-order valence-electron chi connectivity index (χ0n) is 14.4. The molecule has 0 radical (unpaired) electrons. The highest BCUT2D eigenvalue weighted by atomic mass is 32.2. The molecule has 1 aliphatic heterocycles. The van der Waals surface area contributed by atoms with Gasteiger partial charge in [0.1, 0.15) is 10.0 Å². The zero-order valence-corrected chi connectivity index (χ0v) is 16.0. The summed E-state index contributed by atoms with van der Waals surface area (Å²) in [7, 11) is -3.45. The minimum Gasteiger partial charge on any atom is -0.339 e. The van der Waals surface area contributed by atoms with E-state index in [0.717, 1.165) is 12.8 Å². The third-order valence-corrected chi connectivity index (χ3v) is 7.86. The second-order valence-corrected chi connectivity index (χ2v) is 9.61. The first kappa shape index (κ1) is 18.3. The number of sulfonamides is 1. The summed E-state index contributed by atoms with van der Waals surface area (Å²) in [6.07, 6.45) is 2.13. The number of benzene rings is 1. The fourth-order valence-corrected chi connectivity index (χ4v) is 5.99. The van der Waals surface area contributed by atoms with Gasteiger partial charge in [0.15, 0.2) is 0 Å². The average molecular weight is 407 g/mol. The van der Waals surface area contributed by atoms with E-state index in [-0.39, 0.29) is 17.3 Å². The summed E-state index contributed by atoms with van der Waals surface area (Å²) < 4.78 is 46.5. The molecule has 9 heteroatoms. The second-order valence-electron chi connectivity index (χ2n) is 6.50. The van der Waals surface area contributed by atoms with E-state index in [1.807, 2.05) is 0 Å². The number of aromatic nitrogens is 2. The fourth-order valence-electron chi connectivity index (χ4n) is 3.29. The number of nitrogens with zero attached hydrogens (tertiary/aromatic N) is 3. The Kier molecular flexibility index (Phi) is 5.07. The van der Waals surface area contributed by atoms with Gasteiger partial charge in [0.25, 0.3) is 10.0 Å². The largest absolute Gasteiger partial charge is 0.339 e. The molecule has 1 fully saturated rings. The molecule has 0 saturated carbocycles. The van der Waals surface area contributed by atoms with E-state index >= 15 is 0 Å². The standard InChI is InChI=1S/C18H18FN3O3S2/c19-15-7-2-1-6-14(15)18-20-16(25-21-18)11-13-5-3-9-22(12-13)27(23,24)17-8-4-10-26-17/h1-2,4,6-8,10,13H,3,5,9,11-12H2. The van der Waals surface area contributed by atoms with Crippen molar-refractivity contribution in [1.82, 2.24) is 14.4 Å². The Bertz CT molecular complexity index is 1020. The molecular weight excluding hydrogens is 389 g/mol. The van der Waals surface area contributed by atoms with Crippen molar-refractivity contribution < 1.29 is 17.3 Å². The van der Waals surface area contributed by atoms with Crippen LogP contribution in [-0.2, 0) is 16.4 Å². The highest BCUT2D eigenvalue weighted by Crippen LogP contribution is 2.28. The summed E-state index contributed by atoms with van der Waals surface area (Å²) in [6, 6.07) is 9.62. The second kappa shape index (κ2) is 7.49. The Morgan fingerprint density at radius 1 is 1.26 bits per heavy atom. The summed E-state index contributed by atoms with van der Waals surface area (Å²) in [6.45, 7) is 0.929. The number of thiophene rings is 1. The molecule has 1 unspecified atom stereocenters. The fraction of sp³-hybridized carbons (Fsp3) is 0.333. The van der Waals surface area contributed by atoms with Crippen LogP contribution in [0, 0.1) is 11.7 Å².